The van der Waals surface area contributed by atoms with Crippen molar-refractivity contribution in [2.24, 2.45) is 5.73 Å². The fraction of sp³-hybridized carbons (Fsp3) is 0.417. The third-order valence-corrected chi connectivity index (χ3v) is 2.27. The molecule has 1 unspecified atom stereocenters. The van der Waals surface area contributed by atoms with Gasteiger partial charge in [-0.05, 0) is 19.4 Å². The lowest BCUT2D eigenvalue weighted by Gasteiger charge is -2.17. The Bertz CT molecular complexity index is 268. The minimum Gasteiger partial charge on any atom is -0.327 e. The van der Waals surface area contributed by atoms with Gasteiger partial charge in [0.15, 0.2) is 0 Å². The second kappa shape index (κ2) is 7.15. The molecular formula is C12H18N2O. The number of hydrogen-bond acceptors (Lipinski definition) is 3. The fourth-order valence-electron chi connectivity index (χ4n) is 1.41. The Balaban J connectivity index is 0.000000151. The molecule has 0 bridgehead atoms. The molecule has 2 rings (SSSR count). The van der Waals surface area contributed by atoms with E-state index in [0.29, 0.717) is 6.04 Å². The van der Waals surface area contributed by atoms with E-state index in [9.17, 15) is 4.79 Å². The first-order valence-electron chi connectivity index (χ1n) is 5.29. The molecule has 15 heavy (non-hydrogen) atoms. The van der Waals surface area contributed by atoms with E-state index in [0.717, 1.165) is 24.9 Å². The van der Waals surface area contributed by atoms with E-state index in [1.165, 1.54) is 12.8 Å². The zero-order valence-electron chi connectivity index (χ0n) is 8.86. The minimum absolute atomic E-state index is 0.425. The number of aldehydes is 1. The van der Waals surface area contributed by atoms with E-state index in [1.807, 2.05) is 18.2 Å². The van der Waals surface area contributed by atoms with Crippen molar-refractivity contribution in [3.05, 3.63) is 35.9 Å². The largest absolute Gasteiger partial charge is 0.327 e. The van der Waals surface area contributed by atoms with E-state index in [-0.39, 0.29) is 0 Å². The maximum atomic E-state index is 10.0. The summed E-state index contributed by atoms with van der Waals surface area (Å²) in [5, 5.41) is 3.21. The van der Waals surface area contributed by atoms with Crippen LogP contribution in [0.3, 0.4) is 0 Å². The van der Waals surface area contributed by atoms with Crippen LogP contribution in [0.4, 0.5) is 0 Å². The van der Waals surface area contributed by atoms with Crippen LogP contribution in [-0.2, 0) is 0 Å². The lowest BCUT2D eigenvalue weighted by molar-refractivity contribution is 0.112. The lowest BCUT2D eigenvalue weighted by Crippen LogP contribution is -2.39. The highest BCUT2D eigenvalue weighted by atomic mass is 16.1. The molecule has 0 saturated carbocycles. The van der Waals surface area contributed by atoms with Gasteiger partial charge in [0.05, 0.1) is 0 Å². The highest BCUT2D eigenvalue weighted by Crippen LogP contribution is 1.96. The number of piperidine rings is 1. The average molecular weight is 206 g/mol. The first kappa shape index (κ1) is 11.9. The Kier molecular flexibility index (Phi) is 5.66. The summed E-state index contributed by atoms with van der Waals surface area (Å²) in [6, 6.07) is 9.52. The van der Waals surface area contributed by atoms with Gasteiger partial charge in [-0.15, -0.1) is 0 Å². The van der Waals surface area contributed by atoms with Crippen LogP contribution in [0.15, 0.2) is 30.3 Å². The van der Waals surface area contributed by atoms with Crippen molar-refractivity contribution in [3.8, 4) is 0 Å². The second-order valence-electron chi connectivity index (χ2n) is 3.63. The summed E-state index contributed by atoms with van der Waals surface area (Å²) >= 11 is 0. The SMILES string of the molecule is NC1CCCNC1.O=Cc1ccccc1. The van der Waals surface area contributed by atoms with Crippen LogP contribution in [0.2, 0.25) is 0 Å². The van der Waals surface area contributed by atoms with E-state index in [2.05, 4.69) is 5.32 Å². The summed E-state index contributed by atoms with van der Waals surface area (Å²) in [5.41, 5.74) is 6.30. The molecule has 1 saturated heterocycles. The second-order valence-corrected chi connectivity index (χ2v) is 3.63. The van der Waals surface area contributed by atoms with Gasteiger partial charge in [-0.25, -0.2) is 0 Å². The van der Waals surface area contributed by atoms with Crippen molar-refractivity contribution in [2.45, 2.75) is 18.9 Å². The van der Waals surface area contributed by atoms with Gasteiger partial charge in [0.1, 0.15) is 6.29 Å². The van der Waals surface area contributed by atoms with Crippen molar-refractivity contribution in [2.75, 3.05) is 13.1 Å². The number of hydrogen-bond donors (Lipinski definition) is 2. The Morgan fingerprint density at radius 1 is 1.33 bits per heavy atom. The normalized spacial score (nSPS) is 19.9. The van der Waals surface area contributed by atoms with Gasteiger partial charge in [0, 0.05) is 18.2 Å². The minimum atomic E-state index is 0.425. The average Bonchev–Trinajstić information content (AvgIpc) is 2.32. The van der Waals surface area contributed by atoms with Crippen LogP contribution in [0.25, 0.3) is 0 Å². The van der Waals surface area contributed by atoms with Crippen LogP contribution in [0, 0.1) is 0 Å². The van der Waals surface area contributed by atoms with Crippen molar-refractivity contribution in [1.82, 2.24) is 5.32 Å². The summed E-state index contributed by atoms with van der Waals surface area (Å²) in [5.74, 6) is 0. The molecule has 1 aromatic carbocycles. The highest BCUT2D eigenvalue weighted by Gasteiger charge is 2.05. The van der Waals surface area contributed by atoms with Crippen LogP contribution >= 0.6 is 0 Å². The maximum Gasteiger partial charge on any atom is 0.150 e. The van der Waals surface area contributed by atoms with Crippen LogP contribution in [-0.4, -0.2) is 25.4 Å². The zero-order chi connectivity index (χ0) is 10.9. The van der Waals surface area contributed by atoms with Crippen LogP contribution in [0.1, 0.15) is 23.2 Å². The molecule has 0 amide bonds. The third kappa shape index (κ3) is 5.30. The molecule has 1 atom stereocenters. The molecule has 1 heterocycles. The van der Waals surface area contributed by atoms with Gasteiger partial charge in [-0.1, -0.05) is 30.3 Å². The topological polar surface area (TPSA) is 55.1 Å². The van der Waals surface area contributed by atoms with Crippen molar-refractivity contribution in [1.29, 1.82) is 0 Å². The Labute approximate surface area is 90.7 Å². The molecule has 3 heteroatoms. The molecule has 0 aliphatic carbocycles. The van der Waals surface area contributed by atoms with Crippen molar-refractivity contribution in [3.63, 3.8) is 0 Å². The van der Waals surface area contributed by atoms with E-state index in [4.69, 9.17) is 5.73 Å². The van der Waals surface area contributed by atoms with Crippen molar-refractivity contribution < 1.29 is 4.79 Å². The molecular weight excluding hydrogens is 188 g/mol. The molecule has 1 fully saturated rings. The number of rotatable bonds is 1. The standard InChI is InChI=1S/C7H6O.C5H12N2/c8-6-7-4-2-1-3-5-7;6-5-2-1-3-7-4-5/h1-6H;5,7H,1-4,6H2. The molecule has 3 N–H and O–H groups in total. The van der Waals surface area contributed by atoms with Crippen LogP contribution in [0.5, 0.6) is 0 Å². The number of benzene rings is 1. The van der Waals surface area contributed by atoms with Gasteiger partial charge in [-0.3, -0.25) is 4.79 Å². The molecule has 3 nitrogen and oxygen atoms in total. The Morgan fingerprint density at radius 3 is 2.40 bits per heavy atom. The summed E-state index contributed by atoms with van der Waals surface area (Å²) in [6.45, 7) is 2.17. The predicted molar refractivity (Wildman–Crippen MR) is 61.9 cm³/mol. The van der Waals surface area contributed by atoms with Crippen LogP contribution < -0.4 is 11.1 Å². The van der Waals surface area contributed by atoms with Gasteiger partial charge in [0.2, 0.25) is 0 Å². The van der Waals surface area contributed by atoms with E-state index in [1.54, 1.807) is 12.1 Å². The summed E-state index contributed by atoms with van der Waals surface area (Å²) in [7, 11) is 0. The van der Waals surface area contributed by atoms with Crippen molar-refractivity contribution >= 4 is 6.29 Å². The summed E-state index contributed by atoms with van der Waals surface area (Å²) < 4.78 is 0. The molecule has 0 spiro atoms. The summed E-state index contributed by atoms with van der Waals surface area (Å²) in [6.07, 6.45) is 3.29. The number of nitrogens with two attached hydrogens (primary N) is 1. The molecule has 82 valence electrons. The zero-order valence-corrected chi connectivity index (χ0v) is 8.86. The first-order valence-corrected chi connectivity index (χ1v) is 5.29. The molecule has 1 aromatic rings. The van der Waals surface area contributed by atoms with Gasteiger partial charge in [-0.2, -0.15) is 0 Å². The maximum absolute atomic E-state index is 10.0. The quantitative estimate of drug-likeness (QED) is 0.679. The Morgan fingerprint density at radius 2 is 2.07 bits per heavy atom. The number of carbonyl (C=O) groups excluding carboxylic acids is 1. The predicted octanol–water partition coefficient (Wildman–Crippen LogP) is 1.20. The van der Waals surface area contributed by atoms with E-state index < -0.39 is 0 Å². The van der Waals surface area contributed by atoms with Gasteiger partial charge in [0.25, 0.3) is 0 Å². The lowest BCUT2D eigenvalue weighted by atomic mass is 10.1. The van der Waals surface area contributed by atoms with Gasteiger partial charge < -0.3 is 11.1 Å². The Hall–Kier alpha value is -1.19. The van der Waals surface area contributed by atoms with E-state index >= 15 is 0 Å². The monoisotopic (exact) mass is 206 g/mol. The smallest absolute Gasteiger partial charge is 0.150 e. The first-order chi connectivity index (χ1) is 7.33. The molecule has 1 aliphatic heterocycles. The third-order valence-electron chi connectivity index (χ3n) is 2.27. The van der Waals surface area contributed by atoms with Gasteiger partial charge >= 0.3 is 0 Å². The number of carbonyl (C=O) groups is 1. The molecule has 0 aromatic heterocycles. The molecule has 1 aliphatic rings. The fourth-order valence-corrected chi connectivity index (χ4v) is 1.41. The highest BCUT2D eigenvalue weighted by molar-refractivity contribution is 5.74. The number of nitrogens with one attached hydrogen (secondary N) is 1. The molecule has 0 radical (unpaired) electrons. The summed E-state index contributed by atoms with van der Waals surface area (Å²) in [4.78, 5) is 10.0.